The number of para-hydroxylation sites is 1. The molecule has 2 aromatic rings. The molecule has 0 saturated carbocycles. The zero-order valence-electron chi connectivity index (χ0n) is 15.4. The average molecular weight is 382 g/mol. The summed E-state index contributed by atoms with van der Waals surface area (Å²) in [7, 11) is 0. The van der Waals surface area contributed by atoms with Crippen LogP contribution in [0.5, 0.6) is 0 Å². The number of likely N-dealkylation sites (tertiary alicyclic amines) is 1. The van der Waals surface area contributed by atoms with Crippen molar-refractivity contribution in [2.24, 2.45) is 0 Å². The van der Waals surface area contributed by atoms with E-state index in [9.17, 15) is 14.4 Å². The third kappa shape index (κ3) is 3.62. The second-order valence-electron chi connectivity index (χ2n) is 7.38. The lowest BCUT2D eigenvalue weighted by Gasteiger charge is -2.35. The molecule has 1 aromatic heterocycles. The van der Waals surface area contributed by atoms with Gasteiger partial charge in [-0.15, -0.1) is 0 Å². The topological polar surface area (TPSA) is 115 Å². The first-order chi connectivity index (χ1) is 13.5. The highest BCUT2D eigenvalue weighted by Crippen LogP contribution is 2.35. The zero-order chi connectivity index (χ0) is 19.7. The predicted octanol–water partition coefficient (Wildman–Crippen LogP) is 1.87. The van der Waals surface area contributed by atoms with Gasteiger partial charge in [0.05, 0.1) is 18.0 Å². The minimum atomic E-state index is -0.896. The first kappa shape index (κ1) is 18.2. The first-order valence-electron chi connectivity index (χ1n) is 9.45. The number of rotatable bonds is 4. The van der Waals surface area contributed by atoms with E-state index in [0.29, 0.717) is 18.8 Å². The predicted molar refractivity (Wildman–Crippen MR) is 101 cm³/mol. The Morgan fingerprint density at radius 3 is 2.71 bits per heavy atom. The third-order valence-electron chi connectivity index (χ3n) is 5.52. The summed E-state index contributed by atoms with van der Waals surface area (Å²) in [6.07, 6.45) is 1.63. The number of nitrogens with one attached hydrogen (secondary N) is 2. The summed E-state index contributed by atoms with van der Waals surface area (Å²) in [5, 5.41) is 18.7. The van der Waals surface area contributed by atoms with Gasteiger partial charge in [0, 0.05) is 36.8 Å². The SMILES string of the molecule is O=C(O)Cc1cc(C2CCN(C(=O)[C@@H]3CC(=O)Nc4ccccc43)CC2)n[nH]1. The van der Waals surface area contributed by atoms with Crippen LogP contribution in [0.25, 0.3) is 0 Å². The molecule has 2 amide bonds. The van der Waals surface area contributed by atoms with E-state index in [1.54, 1.807) is 6.07 Å². The maximum atomic E-state index is 13.1. The number of amides is 2. The molecule has 4 rings (SSSR count). The van der Waals surface area contributed by atoms with Crippen LogP contribution >= 0.6 is 0 Å². The number of nitrogens with zero attached hydrogens (tertiary/aromatic N) is 2. The lowest BCUT2D eigenvalue weighted by molar-refractivity contribution is -0.136. The monoisotopic (exact) mass is 382 g/mol. The number of hydrogen-bond acceptors (Lipinski definition) is 4. The van der Waals surface area contributed by atoms with Gasteiger partial charge in [-0.25, -0.2) is 0 Å². The molecule has 0 bridgehead atoms. The smallest absolute Gasteiger partial charge is 0.309 e. The Morgan fingerprint density at radius 1 is 1.21 bits per heavy atom. The fourth-order valence-corrected chi connectivity index (χ4v) is 4.09. The minimum Gasteiger partial charge on any atom is -0.481 e. The van der Waals surface area contributed by atoms with Gasteiger partial charge in [-0.3, -0.25) is 19.5 Å². The van der Waals surface area contributed by atoms with Gasteiger partial charge in [-0.2, -0.15) is 5.10 Å². The zero-order valence-corrected chi connectivity index (χ0v) is 15.4. The molecule has 1 fully saturated rings. The lowest BCUT2D eigenvalue weighted by Crippen LogP contribution is -2.42. The maximum Gasteiger partial charge on any atom is 0.309 e. The van der Waals surface area contributed by atoms with Crippen molar-refractivity contribution in [1.82, 2.24) is 15.1 Å². The third-order valence-corrected chi connectivity index (χ3v) is 5.52. The molecular formula is C20H22N4O4. The van der Waals surface area contributed by atoms with Gasteiger partial charge in [0.1, 0.15) is 0 Å². The average Bonchev–Trinajstić information content (AvgIpc) is 3.14. The van der Waals surface area contributed by atoms with E-state index in [4.69, 9.17) is 5.11 Å². The van der Waals surface area contributed by atoms with Gasteiger partial charge in [0.15, 0.2) is 0 Å². The highest BCUT2D eigenvalue weighted by Gasteiger charge is 2.35. The molecule has 1 saturated heterocycles. The van der Waals surface area contributed by atoms with Crippen LogP contribution in [0, 0.1) is 0 Å². The van der Waals surface area contributed by atoms with Crippen LogP contribution in [0.2, 0.25) is 0 Å². The molecule has 0 spiro atoms. The molecule has 2 aliphatic rings. The molecule has 28 heavy (non-hydrogen) atoms. The number of aromatic amines is 1. The normalized spacial score (nSPS) is 19.8. The van der Waals surface area contributed by atoms with Crippen molar-refractivity contribution in [3.05, 3.63) is 47.3 Å². The number of aliphatic carboxylic acids is 1. The number of anilines is 1. The molecule has 8 nitrogen and oxygen atoms in total. The highest BCUT2D eigenvalue weighted by molar-refractivity contribution is 6.01. The van der Waals surface area contributed by atoms with E-state index >= 15 is 0 Å². The molecule has 1 atom stereocenters. The van der Waals surface area contributed by atoms with E-state index in [1.165, 1.54) is 0 Å². The molecule has 0 aliphatic carbocycles. The van der Waals surface area contributed by atoms with Crippen LogP contribution in [0.1, 0.15) is 48.0 Å². The second-order valence-corrected chi connectivity index (χ2v) is 7.38. The number of carbonyl (C=O) groups is 3. The number of carboxylic acids is 1. The summed E-state index contributed by atoms with van der Waals surface area (Å²) in [6, 6.07) is 9.26. The van der Waals surface area contributed by atoms with Gasteiger partial charge in [0.25, 0.3) is 0 Å². The van der Waals surface area contributed by atoms with Crippen LogP contribution in [0.15, 0.2) is 30.3 Å². The van der Waals surface area contributed by atoms with Crippen molar-refractivity contribution in [2.45, 2.75) is 37.5 Å². The largest absolute Gasteiger partial charge is 0.481 e. The lowest BCUT2D eigenvalue weighted by atomic mass is 9.87. The van der Waals surface area contributed by atoms with Crippen molar-refractivity contribution in [2.75, 3.05) is 18.4 Å². The Balaban J connectivity index is 1.41. The Labute approximate surface area is 161 Å². The van der Waals surface area contributed by atoms with Gasteiger partial charge in [0.2, 0.25) is 11.8 Å². The van der Waals surface area contributed by atoms with E-state index in [-0.39, 0.29) is 30.6 Å². The number of fused-ring (bicyclic) bond motifs is 1. The van der Waals surface area contributed by atoms with Crippen LogP contribution in [-0.2, 0) is 20.8 Å². The van der Waals surface area contributed by atoms with Crippen LogP contribution in [0.4, 0.5) is 5.69 Å². The summed E-state index contributed by atoms with van der Waals surface area (Å²) in [5.41, 5.74) is 3.03. The minimum absolute atomic E-state index is 0.00524. The number of benzene rings is 1. The Bertz CT molecular complexity index is 914. The molecule has 3 N–H and O–H groups in total. The van der Waals surface area contributed by atoms with Gasteiger partial charge >= 0.3 is 5.97 Å². The number of carbonyl (C=O) groups excluding carboxylic acids is 2. The van der Waals surface area contributed by atoms with Crippen LogP contribution < -0.4 is 5.32 Å². The number of H-pyrrole nitrogens is 1. The highest BCUT2D eigenvalue weighted by atomic mass is 16.4. The summed E-state index contributed by atoms with van der Waals surface area (Å²) in [4.78, 5) is 37.7. The molecule has 3 heterocycles. The van der Waals surface area contributed by atoms with Crippen molar-refractivity contribution in [3.8, 4) is 0 Å². The number of hydrogen-bond donors (Lipinski definition) is 3. The van der Waals surface area contributed by atoms with Gasteiger partial charge < -0.3 is 15.3 Å². The molecule has 1 aromatic carbocycles. The Hall–Kier alpha value is -3.16. The molecular weight excluding hydrogens is 360 g/mol. The standard InChI is InChI=1S/C20H22N4O4/c25-18-11-15(14-3-1-2-4-16(14)21-18)20(28)24-7-5-12(6-8-24)17-9-13(22-23-17)10-19(26)27/h1-4,9,12,15H,5-8,10-11H2,(H,21,25)(H,22,23)(H,26,27)/t15-/m1/s1. The number of piperidine rings is 1. The summed E-state index contributed by atoms with van der Waals surface area (Å²) >= 11 is 0. The molecule has 146 valence electrons. The van der Waals surface area contributed by atoms with E-state index in [0.717, 1.165) is 29.8 Å². The van der Waals surface area contributed by atoms with Crippen molar-refractivity contribution in [3.63, 3.8) is 0 Å². The van der Waals surface area contributed by atoms with Crippen molar-refractivity contribution < 1.29 is 19.5 Å². The quantitative estimate of drug-likeness (QED) is 0.747. The van der Waals surface area contributed by atoms with Crippen LogP contribution in [-0.4, -0.2) is 51.1 Å². The fourth-order valence-electron chi connectivity index (χ4n) is 4.09. The Kier molecular flexibility index (Phi) is 4.85. The second kappa shape index (κ2) is 7.46. The van der Waals surface area contributed by atoms with E-state index in [2.05, 4.69) is 15.5 Å². The molecule has 8 heteroatoms. The summed E-state index contributed by atoms with van der Waals surface area (Å²) in [5.74, 6) is -1.27. The molecule has 0 radical (unpaired) electrons. The summed E-state index contributed by atoms with van der Waals surface area (Å²) < 4.78 is 0. The maximum absolute atomic E-state index is 13.1. The van der Waals surface area contributed by atoms with Gasteiger partial charge in [-0.1, -0.05) is 18.2 Å². The number of carboxylic acid groups (broad SMARTS) is 1. The van der Waals surface area contributed by atoms with E-state index < -0.39 is 11.9 Å². The van der Waals surface area contributed by atoms with E-state index in [1.807, 2.05) is 29.2 Å². The van der Waals surface area contributed by atoms with Gasteiger partial charge in [-0.05, 0) is 30.5 Å². The number of aromatic nitrogens is 2. The molecule has 0 unspecified atom stereocenters. The van der Waals surface area contributed by atoms with Crippen molar-refractivity contribution in [1.29, 1.82) is 0 Å². The first-order valence-corrected chi connectivity index (χ1v) is 9.45. The summed E-state index contributed by atoms with van der Waals surface area (Å²) in [6.45, 7) is 1.20. The molecule has 2 aliphatic heterocycles. The fraction of sp³-hybridized carbons (Fsp3) is 0.400. The van der Waals surface area contributed by atoms with Crippen molar-refractivity contribution >= 4 is 23.5 Å². The van der Waals surface area contributed by atoms with Crippen LogP contribution in [0.3, 0.4) is 0 Å². The Morgan fingerprint density at radius 2 is 1.96 bits per heavy atom.